The minimum Gasteiger partial charge on any atom is -0.507 e. The molecule has 0 saturated heterocycles. The van der Waals surface area contributed by atoms with Crippen molar-refractivity contribution in [2.75, 3.05) is 7.11 Å². The van der Waals surface area contributed by atoms with E-state index >= 15 is 0 Å². The topological polar surface area (TPSA) is 66.8 Å². The fraction of sp³-hybridized carbons (Fsp3) is 0.0625. The molecule has 0 fully saturated rings. The molecule has 2 aromatic carbocycles. The van der Waals surface area contributed by atoms with Gasteiger partial charge in [-0.05, 0) is 30.4 Å². The van der Waals surface area contributed by atoms with Crippen molar-refractivity contribution in [3.05, 3.63) is 59.7 Å². The van der Waals surface area contributed by atoms with Gasteiger partial charge in [-0.15, -0.1) is 0 Å². The highest BCUT2D eigenvalue weighted by molar-refractivity contribution is 6.08. The zero-order valence-corrected chi connectivity index (χ0v) is 10.9. The fourth-order valence-corrected chi connectivity index (χ4v) is 1.73. The summed E-state index contributed by atoms with van der Waals surface area (Å²) in [7, 11) is 1.48. The number of hydrogen-bond donors (Lipinski definition) is 2. The molecule has 2 aromatic rings. The summed E-state index contributed by atoms with van der Waals surface area (Å²) in [5.74, 6) is 0.0731. The maximum atomic E-state index is 12.0. The smallest absolute Gasteiger partial charge is 0.189 e. The molecule has 0 heterocycles. The van der Waals surface area contributed by atoms with Crippen LogP contribution in [0, 0.1) is 0 Å². The number of carbonyl (C=O) groups is 1. The lowest BCUT2D eigenvalue weighted by molar-refractivity contribution is 0.104. The van der Waals surface area contributed by atoms with Crippen LogP contribution in [0.4, 0.5) is 0 Å². The zero-order chi connectivity index (χ0) is 14.5. The van der Waals surface area contributed by atoms with Gasteiger partial charge in [-0.1, -0.05) is 18.2 Å². The van der Waals surface area contributed by atoms with Crippen LogP contribution in [-0.4, -0.2) is 23.1 Å². The molecule has 2 rings (SSSR count). The molecule has 0 spiro atoms. The van der Waals surface area contributed by atoms with Crippen molar-refractivity contribution in [3.63, 3.8) is 0 Å². The number of methoxy groups -OCH3 is 1. The third kappa shape index (κ3) is 2.98. The second kappa shape index (κ2) is 5.93. The van der Waals surface area contributed by atoms with Gasteiger partial charge in [-0.2, -0.15) is 0 Å². The minimum atomic E-state index is -0.353. The molecule has 0 radical (unpaired) electrons. The predicted molar refractivity (Wildman–Crippen MR) is 76.1 cm³/mol. The first-order chi connectivity index (χ1) is 9.61. The number of benzene rings is 2. The van der Waals surface area contributed by atoms with E-state index < -0.39 is 0 Å². The first kappa shape index (κ1) is 13.7. The molecular formula is C16H14O4. The van der Waals surface area contributed by atoms with Gasteiger partial charge in [0.25, 0.3) is 0 Å². The number of hydrogen-bond acceptors (Lipinski definition) is 4. The number of phenols is 2. The Bertz CT molecular complexity index is 659. The van der Waals surface area contributed by atoms with E-state index in [0.29, 0.717) is 11.3 Å². The highest BCUT2D eigenvalue weighted by atomic mass is 16.5. The normalized spacial score (nSPS) is 10.7. The highest BCUT2D eigenvalue weighted by Crippen LogP contribution is 2.24. The lowest BCUT2D eigenvalue weighted by Gasteiger charge is -2.04. The number of aromatic hydroxyl groups is 2. The Morgan fingerprint density at radius 3 is 2.50 bits per heavy atom. The Hall–Kier alpha value is -2.75. The van der Waals surface area contributed by atoms with Crippen molar-refractivity contribution < 1.29 is 19.7 Å². The third-order valence-electron chi connectivity index (χ3n) is 2.82. The number of ketones is 1. The summed E-state index contributed by atoms with van der Waals surface area (Å²) in [4.78, 5) is 12.0. The Labute approximate surface area is 116 Å². The lowest BCUT2D eigenvalue weighted by Crippen LogP contribution is -1.95. The molecule has 0 aliphatic carbocycles. The van der Waals surface area contributed by atoms with Gasteiger partial charge in [0.15, 0.2) is 5.78 Å². The van der Waals surface area contributed by atoms with Crippen molar-refractivity contribution in [1.82, 2.24) is 0 Å². The van der Waals surface area contributed by atoms with E-state index in [1.807, 2.05) is 0 Å². The van der Waals surface area contributed by atoms with Crippen molar-refractivity contribution >= 4 is 11.9 Å². The number of carbonyl (C=O) groups excluding carboxylic acids is 1. The number of phenolic OH excluding ortho intramolecular Hbond substituents is 2. The van der Waals surface area contributed by atoms with Crippen LogP contribution in [0.3, 0.4) is 0 Å². The van der Waals surface area contributed by atoms with Gasteiger partial charge in [0, 0.05) is 11.6 Å². The summed E-state index contributed by atoms with van der Waals surface area (Å²) in [5.41, 5.74) is 0.714. The average molecular weight is 270 g/mol. The number of allylic oxidation sites excluding steroid dienone is 1. The second-order valence-electron chi connectivity index (χ2n) is 4.14. The van der Waals surface area contributed by atoms with Crippen LogP contribution in [0.25, 0.3) is 6.08 Å². The molecule has 20 heavy (non-hydrogen) atoms. The predicted octanol–water partition coefficient (Wildman–Crippen LogP) is 3.00. The number of ether oxygens (including phenoxy) is 1. The molecule has 0 aromatic heterocycles. The van der Waals surface area contributed by atoms with E-state index in [1.165, 1.54) is 37.5 Å². The molecule has 4 heteroatoms. The molecule has 0 atom stereocenters. The van der Waals surface area contributed by atoms with E-state index in [-0.39, 0.29) is 22.8 Å². The number of rotatable bonds is 4. The lowest BCUT2D eigenvalue weighted by atomic mass is 10.1. The van der Waals surface area contributed by atoms with E-state index in [4.69, 9.17) is 4.74 Å². The van der Waals surface area contributed by atoms with Crippen molar-refractivity contribution in [1.29, 1.82) is 0 Å². The highest BCUT2D eigenvalue weighted by Gasteiger charge is 2.09. The largest absolute Gasteiger partial charge is 0.507 e. The molecule has 0 aliphatic heterocycles. The Morgan fingerprint density at radius 1 is 1.10 bits per heavy atom. The average Bonchev–Trinajstić information content (AvgIpc) is 2.46. The first-order valence-corrected chi connectivity index (χ1v) is 5.99. The minimum absolute atomic E-state index is 0.0931. The van der Waals surface area contributed by atoms with Crippen LogP contribution in [0.15, 0.2) is 48.5 Å². The molecule has 102 valence electrons. The van der Waals surface area contributed by atoms with Crippen molar-refractivity contribution in [2.24, 2.45) is 0 Å². The van der Waals surface area contributed by atoms with Gasteiger partial charge >= 0.3 is 0 Å². The van der Waals surface area contributed by atoms with Crippen LogP contribution in [0.2, 0.25) is 0 Å². The van der Waals surface area contributed by atoms with E-state index in [1.54, 1.807) is 24.3 Å². The number of para-hydroxylation sites is 1. The molecule has 2 N–H and O–H groups in total. The van der Waals surface area contributed by atoms with Gasteiger partial charge < -0.3 is 14.9 Å². The zero-order valence-electron chi connectivity index (χ0n) is 10.9. The Morgan fingerprint density at radius 2 is 1.85 bits per heavy atom. The molecule has 0 bridgehead atoms. The summed E-state index contributed by atoms with van der Waals surface area (Å²) in [6, 6.07) is 11.1. The fourth-order valence-electron chi connectivity index (χ4n) is 1.73. The summed E-state index contributed by atoms with van der Waals surface area (Å²) >= 11 is 0. The molecule has 0 aliphatic rings. The summed E-state index contributed by atoms with van der Waals surface area (Å²) in [6.45, 7) is 0. The van der Waals surface area contributed by atoms with Gasteiger partial charge in [-0.25, -0.2) is 0 Å². The maximum absolute atomic E-state index is 12.0. The van der Waals surface area contributed by atoms with E-state index in [0.717, 1.165) is 0 Å². The Kier molecular flexibility index (Phi) is 4.05. The van der Waals surface area contributed by atoms with Crippen LogP contribution >= 0.6 is 0 Å². The van der Waals surface area contributed by atoms with E-state index in [2.05, 4.69) is 0 Å². The van der Waals surface area contributed by atoms with Crippen LogP contribution in [-0.2, 0) is 0 Å². The third-order valence-corrected chi connectivity index (χ3v) is 2.82. The SMILES string of the molecule is COc1ccc(C(=O)/C=C\c2ccccc2O)c(O)c1. The monoisotopic (exact) mass is 270 g/mol. The molecule has 0 amide bonds. The maximum Gasteiger partial charge on any atom is 0.189 e. The van der Waals surface area contributed by atoms with Gasteiger partial charge in [0.05, 0.1) is 12.7 Å². The van der Waals surface area contributed by atoms with Crippen molar-refractivity contribution in [2.45, 2.75) is 0 Å². The molecule has 0 unspecified atom stereocenters. The van der Waals surface area contributed by atoms with Gasteiger partial charge in [0.1, 0.15) is 17.2 Å². The van der Waals surface area contributed by atoms with Crippen LogP contribution < -0.4 is 4.74 Å². The quantitative estimate of drug-likeness (QED) is 0.662. The Balaban J connectivity index is 2.22. The second-order valence-corrected chi connectivity index (χ2v) is 4.14. The van der Waals surface area contributed by atoms with Gasteiger partial charge in [0.2, 0.25) is 0 Å². The van der Waals surface area contributed by atoms with Crippen LogP contribution in [0.1, 0.15) is 15.9 Å². The molecular weight excluding hydrogens is 256 g/mol. The van der Waals surface area contributed by atoms with E-state index in [9.17, 15) is 15.0 Å². The standard InChI is InChI=1S/C16H14O4/c1-20-12-7-8-13(16(19)10-12)15(18)9-6-11-4-2-3-5-14(11)17/h2-10,17,19H,1H3/b9-6-. The van der Waals surface area contributed by atoms with Crippen molar-refractivity contribution in [3.8, 4) is 17.2 Å². The van der Waals surface area contributed by atoms with Gasteiger partial charge in [-0.3, -0.25) is 4.79 Å². The molecule has 0 saturated carbocycles. The first-order valence-electron chi connectivity index (χ1n) is 5.99. The summed E-state index contributed by atoms with van der Waals surface area (Å²) < 4.78 is 4.95. The van der Waals surface area contributed by atoms with Crippen LogP contribution in [0.5, 0.6) is 17.2 Å². The summed E-state index contributed by atoms with van der Waals surface area (Å²) in [5, 5.41) is 19.3. The molecule has 4 nitrogen and oxygen atoms in total. The summed E-state index contributed by atoms with van der Waals surface area (Å²) in [6.07, 6.45) is 2.80.